The van der Waals surface area contributed by atoms with Crippen LogP contribution in [0.1, 0.15) is 65.2 Å². The van der Waals surface area contributed by atoms with E-state index in [0.29, 0.717) is 0 Å². The van der Waals surface area contributed by atoms with Crippen LogP contribution >= 0.6 is 0 Å². The van der Waals surface area contributed by atoms with Crippen molar-refractivity contribution in [3.05, 3.63) is 23.3 Å². The van der Waals surface area contributed by atoms with E-state index in [1.54, 1.807) is 5.57 Å². The van der Waals surface area contributed by atoms with Gasteiger partial charge in [0.15, 0.2) is 0 Å². The van der Waals surface area contributed by atoms with Gasteiger partial charge in [-0.05, 0) is 75.0 Å². The molecule has 0 heterocycles. The van der Waals surface area contributed by atoms with Gasteiger partial charge in [0.2, 0.25) is 0 Å². The van der Waals surface area contributed by atoms with Crippen molar-refractivity contribution in [1.82, 2.24) is 0 Å². The Kier molecular flexibility index (Phi) is 3.29. The molecule has 5 atom stereocenters. The van der Waals surface area contributed by atoms with Crippen molar-refractivity contribution >= 4 is 5.71 Å². The summed E-state index contributed by atoms with van der Waals surface area (Å²) < 4.78 is 0. The van der Waals surface area contributed by atoms with Gasteiger partial charge in [-0.2, -0.15) is 0 Å². The minimum absolute atomic E-state index is 0.167. The molecule has 2 heteroatoms. The maximum absolute atomic E-state index is 9.42. The highest BCUT2D eigenvalue weighted by Crippen LogP contribution is 2.61. The molecule has 4 aliphatic carbocycles. The molecule has 0 spiro atoms. The minimum Gasteiger partial charge on any atom is -0.411 e. The Morgan fingerprint density at radius 1 is 1.23 bits per heavy atom. The Labute approximate surface area is 134 Å². The highest BCUT2D eigenvalue weighted by atomic mass is 16.4. The lowest BCUT2D eigenvalue weighted by Gasteiger charge is -2.53. The first-order chi connectivity index (χ1) is 10.5. The number of hydrogen-bond donors (Lipinski definition) is 1. The van der Waals surface area contributed by atoms with E-state index in [9.17, 15) is 5.21 Å². The van der Waals surface area contributed by atoms with Crippen LogP contribution in [-0.4, -0.2) is 10.9 Å². The molecule has 1 N–H and O–H groups in total. The summed E-state index contributed by atoms with van der Waals surface area (Å²) in [5.41, 5.74) is 6.25. The molecular formula is C20H29NO. The average molecular weight is 299 g/mol. The van der Waals surface area contributed by atoms with Gasteiger partial charge < -0.3 is 5.21 Å². The van der Waals surface area contributed by atoms with Crippen molar-refractivity contribution in [3.8, 4) is 0 Å². The monoisotopic (exact) mass is 299 g/mol. The molecule has 0 aromatic carbocycles. The summed E-state index contributed by atoms with van der Waals surface area (Å²) in [4.78, 5) is 0. The SMILES string of the molecule is C=C1CCC2=C(C1)C[C@@H](C)[C@@H]1[C@@H]2CC[C@]2(C)/C(=N/O)CC[C@@H]12. The summed E-state index contributed by atoms with van der Waals surface area (Å²) in [7, 11) is 0. The Hall–Kier alpha value is -1.05. The summed E-state index contributed by atoms with van der Waals surface area (Å²) in [5.74, 6) is 3.12. The molecule has 2 fully saturated rings. The second-order valence-corrected chi connectivity index (χ2v) is 8.57. The van der Waals surface area contributed by atoms with Gasteiger partial charge in [-0.25, -0.2) is 0 Å². The molecule has 2 saturated carbocycles. The van der Waals surface area contributed by atoms with Gasteiger partial charge in [-0.15, -0.1) is 0 Å². The Morgan fingerprint density at radius 3 is 2.82 bits per heavy atom. The molecule has 120 valence electrons. The smallest absolute Gasteiger partial charge is 0.0632 e. The molecule has 0 aromatic heterocycles. The molecule has 0 unspecified atom stereocenters. The predicted molar refractivity (Wildman–Crippen MR) is 90.1 cm³/mol. The zero-order valence-electron chi connectivity index (χ0n) is 14.1. The van der Waals surface area contributed by atoms with E-state index in [1.807, 2.05) is 5.57 Å². The molecule has 0 saturated heterocycles. The molecule has 0 aromatic rings. The lowest BCUT2D eigenvalue weighted by atomic mass is 9.52. The van der Waals surface area contributed by atoms with Crippen molar-refractivity contribution < 1.29 is 5.21 Å². The van der Waals surface area contributed by atoms with Gasteiger partial charge >= 0.3 is 0 Å². The van der Waals surface area contributed by atoms with Crippen LogP contribution in [0.4, 0.5) is 0 Å². The van der Waals surface area contributed by atoms with E-state index < -0.39 is 0 Å². The van der Waals surface area contributed by atoms with Gasteiger partial charge in [0, 0.05) is 5.41 Å². The Balaban J connectivity index is 1.71. The highest BCUT2D eigenvalue weighted by molar-refractivity contribution is 5.92. The van der Waals surface area contributed by atoms with Crippen molar-refractivity contribution in [2.24, 2.45) is 34.2 Å². The third-order valence-corrected chi connectivity index (χ3v) is 7.53. The normalized spacial score (nSPS) is 46.5. The third kappa shape index (κ3) is 1.88. The third-order valence-electron chi connectivity index (χ3n) is 7.53. The van der Waals surface area contributed by atoms with E-state index in [0.717, 1.165) is 35.8 Å². The molecule has 4 aliphatic rings. The fourth-order valence-corrected chi connectivity index (χ4v) is 6.52. The zero-order valence-corrected chi connectivity index (χ0v) is 14.1. The summed E-state index contributed by atoms with van der Waals surface area (Å²) in [6.07, 6.45) is 9.69. The second-order valence-electron chi connectivity index (χ2n) is 8.57. The Morgan fingerprint density at radius 2 is 2.05 bits per heavy atom. The van der Waals surface area contributed by atoms with Crippen LogP contribution in [-0.2, 0) is 0 Å². The molecule has 2 nitrogen and oxygen atoms in total. The number of rotatable bonds is 0. The number of allylic oxidation sites excluding steroid dienone is 3. The van der Waals surface area contributed by atoms with Crippen LogP contribution in [0.15, 0.2) is 28.5 Å². The van der Waals surface area contributed by atoms with E-state index in [1.165, 1.54) is 50.5 Å². The Bertz CT molecular complexity index is 572. The topological polar surface area (TPSA) is 32.6 Å². The van der Waals surface area contributed by atoms with E-state index in [4.69, 9.17) is 0 Å². The number of oxime groups is 1. The van der Waals surface area contributed by atoms with Crippen LogP contribution < -0.4 is 0 Å². The van der Waals surface area contributed by atoms with Crippen LogP contribution in [0.2, 0.25) is 0 Å². The first-order valence-corrected chi connectivity index (χ1v) is 9.13. The molecule has 0 amide bonds. The van der Waals surface area contributed by atoms with Crippen molar-refractivity contribution in [2.45, 2.75) is 65.2 Å². The number of hydrogen-bond acceptors (Lipinski definition) is 2. The highest BCUT2D eigenvalue weighted by Gasteiger charge is 2.55. The molecule has 0 bridgehead atoms. The average Bonchev–Trinajstić information content (AvgIpc) is 2.83. The summed E-state index contributed by atoms with van der Waals surface area (Å²) in [6.45, 7) is 9.08. The first-order valence-electron chi connectivity index (χ1n) is 9.13. The van der Waals surface area contributed by atoms with Crippen LogP contribution in [0.5, 0.6) is 0 Å². The molecule has 22 heavy (non-hydrogen) atoms. The van der Waals surface area contributed by atoms with E-state index >= 15 is 0 Å². The zero-order chi connectivity index (χ0) is 15.5. The summed E-state index contributed by atoms with van der Waals surface area (Å²) in [5, 5.41) is 13.1. The van der Waals surface area contributed by atoms with Crippen LogP contribution in [0, 0.1) is 29.1 Å². The lowest BCUT2D eigenvalue weighted by Crippen LogP contribution is -2.46. The fraction of sp³-hybridized carbons (Fsp3) is 0.750. The van der Waals surface area contributed by atoms with Gasteiger partial charge in [-0.1, -0.05) is 42.3 Å². The van der Waals surface area contributed by atoms with Crippen molar-refractivity contribution in [1.29, 1.82) is 0 Å². The quantitative estimate of drug-likeness (QED) is 0.366. The number of nitrogens with zero attached hydrogens (tertiary/aromatic N) is 1. The molecule has 0 aliphatic heterocycles. The maximum Gasteiger partial charge on any atom is 0.0632 e. The van der Waals surface area contributed by atoms with Crippen LogP contribution in [0.3, 0.4) is 0 Å². The number of fused-ring (bicyclic) bond motifs is 4. The minimum atomic E-state index is 0.167. The van der Waals surface area contributed by atoms with Crippen molar-refractivity contribution in [3.63, 3.8) is 0 Å². The standard InChI is InChI=1S/C20H29NO/c1-12-4-5-15-14(10-12)11-13(2)19-16(15)8-9-20(3)17(19)6-7-18(20)21-22/h13,16-17,19,22H,1,4-11H2,2-3H3/b21-18+/t13-,16-,17+,19-,20+/m1/s1. The van der Waals surface area contributed by atoms with Gasteiger partial charge in [0.25, 0.3) is 0 Å². The molecule has 0 radical (unpaired) electrons. The maximum atomic E-state index is 9.42. The van der Waals surface area contributed by atoms with E-state index in [-0.39, 0.29) is 5.41 Å². The van der Waals surface area contributed by atoms with E-state index in [2.05, 4.69) is 25.6 Å². The van der Waals surface area contributed by atoms with Gasteiger partial charge in [0.05, 0.1) is 5.71 Å². The van der Waals surface area contributed by atoms with Crippen LogP contribution in [0.25, 0.3) is 0 Å². The molecule has 4 rings (SSSR count). The van der Waals surface area contributed by atoms with Gasteiger partial charge in [0.1, 0.15) is 0 Å². The van der Waals surface area contributed by atoms with Gasteiger partial charge in [-0.3, -0.25) is 0 Å². The largest absolute Gasteiger partial charge is 0.411 e. The fourth-order valence-electron chi connectivity index (χ4n) is 6.52. The lowest BCUT2D eigenvalue weighted by molar-refractivity contribution is 0.0389. The predicted octanol–water partition coefficient (Wildman–Crippen LogP) is 5.34. The van der Waals surface area contributed by atoms with Crippen molar-refractivity contribution in [2.75, 3.05) is 0 Å². The summed E-state index contributed by atoms with van der Waals surface area (Å²) >= 11 is 0. The molecular weight excluding hydrogens is 270 g/mol. The first kappa shape index (κ1) is 14.5. The second kappa shape index (κ2) is 4.97. The summed E-state index contributed by atoms with van der Waals surface area (Å²) in [6, 6.07) is 0.